The first-order valence-corrected chi connectivity index (χ1v) is 10.1. The Morgan fingerprint density at radius 3 is 2.56 bits per heavy atom. The smallest absolute Gasteiger partial charge is 0.264 e. The molecular formula is C18H21FN4O3S. The van der Waals surface area contributed by atoms with Gasteiger partial charge in [-0.25, -0.2) is 12.8 Å². The highest BCUT2D eigenvalue weighted by molar-refractivity contribution is 7.92. The lowest BCUT2D eigenvalue weighted by molar-refractivity contribution is 0.507. The molecule has 0 unspecified atom stereocenters. The maximum absolute atomic E-state index is 13.4. The van der Waals surface area contributed by atoms with Gasteiger partial charge in [0.25, 0.3) is 15.9 Å². The summed E-state index contributed by atoms with van der Waals surface area (Å²) in [6, 6.07) is 5.32. The van der Waals surface area contributed by atoms with E-state index in [2.05, 4.69) is 14.9 Å². The third-order valence-electron chi connectivity index (χ3n) is 4.33. The molecule has 0 aliphatic heterocycles. The topological polar surface area (TPSA) is 90.0 Å². The molecule has 0 saturated carbocycles. The molecule has 0 saturated heterocycles. The number of nitrogens with zero attached hydrogens (tertiary/aromatic N) is 3. The number of aromatic nitrogens is 3. The summed E-state index contributed by atoms with van der Waals surface area (Å²) in [6.07, 6.45) is 0.587. The largest absolute Gasteiger partial charge is 0.419 e. The Hall–Kier alpha value is -2.68. The van der Waals surface area contributed by atoms with Crippen LogP contribution in [0, 0.1) is 19.7 Å². The molecule has 7 nitrogen and oxygen atoms in total. The molecule has 144 valence electrons. The first-order valence-electron chi connectivity index (χ1n) is 8.59. The third-order valence-corrected chi connectivity index (χ3v) is 5.98. The highest BCUT2D eigenvalue weighted by Crippen LogP contribution is 2.34. The first-order chi connectivity index (χ1) is 12.8. The van der Waals surface area contributed by atoms with Gasteiger partial charge in [-0.2, -0.15) is 0 Å². The fraction of sp³-hybridized carbons (Fsp3) is 0.333. The van der Waals surface area contributed by atoms with E-state index in [0.717, 1.165) is 6.07 Å². The summed E-state index contributed by atoms with van der Waals surface area (Å²) in [5.74, 6) is 0.239. The van der Waals surface area contributed by atoms with Crippen LogP contribution in [0.3, 0.4) is 0 Å². The lowest BCUT2D eigenvalue weighted by atomic mass is 10.2. The molecule has 1 aromatic carbocycles. The van der Waals surface area contributed by atoms with Crippen molar-refractivity contribution < 1.29 is 17.2 Å². The van der Waals surface area contributed by atoms with Crippen LogP contribution in [0.5, 0.6) is 0 Å². The summed E-state index contributed by atoms with van der Waals surface area (Å²) >= 11 is 0. The Morgan fingerprint density at radius 1 is 1.22 bits per heavy atom. The molecule has 0 fully saturated rings. The average Bonchev–Trinajstić information content (AvgIpc) is 3.16. The average molecular weight is 392 g/mol. The lowest BCUT2D eigenvalue weighted by Crippen LogP contribution is -2.15. The number of benzene rings is 1. The van der Waals surface area contributed by atoms with Crippen LogP contribution in [0.4, 0.5) is 10.1 Å². The minimum Gasteiger partial charge on any atom is -0.419 e. The molecule has 3 aromatic rings. The second kappa shape index (κ2) is 7.15. The van der Waals surface area contributed by atoms with Crippen molar-refractivity contribution in [1.82, 2.24) is 14.8 Å². The monoisotopic (exact) mass is 392 g/mol. The third kappa shape index (κ3) is 3.46. The zero-order chi connectivity index (χ0) is 19.8. The van der Waals surface area contributed by atoms with E-state index in [9.17, 15) is 12.8 Å². The Balaban J connectivity index is 2.13. The van der Waals surface area contributed by atoms with Crippen molar-refractivity contribution in [1.29, 1.82) is 0 Å². The van der Waals surface area contributed by atoms with Crippen LogP contribution in [0.15, 0.2) is 33.6 Å². The Bertz CT molecular complexity index is 1090. The maximum Gasteiger partial charge on any atom is 0.264 e. The molecule has 2 aromatic heterocycles. The molecule has 0 radical (unpaired) electrons. The summed E-state index contributed by atoms with van der Waals surface area (Å²) in [5.41, 5.74) is 1.78. The quantitative estimate of drug-likeness (QED) is 0.691. The van der Waals surface area contributed by atoms with Crippen LogP contribution in [-0.4, -0.2) is 23.2 Å². The van der Waals surface area contributed by atoms with Gasteiger partial charge in [-0.05, 0) is 39.0 Å². The van der Waals surface area contributed by atoms with E-state index in [1.807, 2.05) is 18.4 Å². The van der Waals surface area contributed by atoms with Gasteiger partial charge in [-0.3, -0.25) is 4.72 Å². The summed E-state index contributed by atoms with van der Waals surface area (Å²) in [7, 11) is -3.94. The van der Waals surface area contributed by atoms with Crippen molar-refractivity contribution >= 4 is 15.7 Å². The van der Waals surface area contributed by atoms with E-state index in [1.165, 1.54) is 18.2 Å². The van der Waals surface area contributed by atoms with Crippen LogP contribution in [0.1, 0.15) is 31.0 Å². The van der Waals surface area contributed by atoms with Crippen molar-refractivity contribution in [2.24, 2.45) is 0 Å². The highest BCUT2D eigenvalue weighted by atomic mass is 32.2. The summed E-state index contributed by atoms with van der Waals surface area (Å²) in [4.78, 5) is 0.125. The SMILES string of the molecule is CCc1nnc(-c2c(C)c(S(=O)(=O)Nc3cccc(F)c3)c(C)n2CC)o1. The van der Waals surface area contributed by atoms with Gasteiger partial charge in [0.05, 0.1) is 5.69 Å². The summed E-state index contributed by atoms with van der Waals surface area (Å²) in [5, 5.41) is 8.03. The van der Waals surface area contributed by atoms with Gasteiger partial charge < -0.3 is 8.98 Å². The van der Waals surface area contributed by atoms with Gasteiger partial charge in [-0.1, -0.05) is 13.0 Å². The predicted molar refractivity (Wildman–Crippen MR) is 99.5 cm³/mol. The highest BCUT2D eigenvalue weighted by Gasteiger charge is 2.29. The van der Waals surface area contributed by atoms with Gasteiger partial charge in [0.2, 0.25) is 5.89 Å². The van der Waals surface area contributed by atoms with Crippen LogP contribution >= 0.6 is 0 Å². The number of hydrogen-bond donors (Lipinski definition) is 1. The molecule has 0 spiro atoms. The van der Waals surface area contributed by atoms with Crippen LogP contribution in [0.2, 0.25) is 0 Å². The molecule has 0 bridgehead atoms. The summed E-state index contributed by atoms with van der Waals surface area (Å²) in [6.45, 7) is 7.75. The Morgan fingerprint density at radius 2 is 1.96 bits per heavy atom. The zero-order valence-corrected chi connectivity index (χ0v) is 16.4. The van der Waals surface area contributed by atoms with E-state index in [1.54, 1.807) is 13.8 Å². The summed E-state index contributed by atoms with van der Waals surface area (Å²) < 4.78 is 49.4. The fourth-order valence-corrected chi connectivity index (χ4v) is 4.73. The Kier molecular flexibility index (Phi) is 5.05. The molecule has 1 N–H and O–H groups in total. The Labute approximate surface area is 157 Å². The molecule has 0 amide bonds. The van der Waals surface area contributed by atoms with Crippen molar-refractivity contribution in [2.75, 3.05) is 4.72 Å². The fourth-order valence-electron chi connectivity index (χ4n) is 3.19. The van der Waals surface area contributed by atoms with Gasteiger partial charge in [0.15, 0.2) is 0 Å². The van der Waals surface area contributed by atoms with E-state index < -0.39 is 15.8 Å². The van der Waals surface area contributed by atoms with Crippen LogP contribution in [0.25, 0.3) is 11.6 Å². The molecule has 0 atom stereocenters. The van der Waals surface area contributed by atoms with Gasteiger partial charge in [0, 0.05) is 24.2 Å². The molecular weight excluding hydrogens is 371 g/mol. The zero-order valence-electron chi connectivity index (χ0n) is 15.6. The number of aryl methyl sites for hydroxylation is 1. The van der Waals surface area contributed by atoms with E-state index in [4.69, 9.17) is 4.42 Å². The van der Waals surface area contributed by atoms with E-state index >= 15 is 0 Å². The maximum atomic E-state index is 13.4. The number of sulfonamides is 1. The number of hydrogen-bond acceptors (Lipinski definition) is 5. The minimum absolute atomic E-state index is 0.125. The van der Waals surface area contributed by atoms with Crippen molar-refractivity contribution in [3.8, 4) is 11.6 Å². The van der Waals surface area contributed by atoms with Crippen molar-refractivity contribution in [3.63, 3.8) is 0 Å². The lowest BCUT2D eigenvalue weighted by Gasteiger charge is -2.09. The molecule has 0 aliphatic rings. The molecule has 27 heavy (non-hydrogen) atoms. The van der Waals surface area contributed by atoms with Crippen LogP contribution < -0.4 is 4.72 Å². The first kappa shape index (κ1) is 19.1. The minimum atomic E-state index is -3.94. The molecule has 2 heterocycles. The van der Waals surface area contributed by atoms with Gasteiger partial charge >= 0.3 is 0 Å². The number of halogens is 1. The van der Waals surface area contributed by atoms with Crippen molar-refractivity contribution in [3.05, 3.63) is 47.2 Å². The molecule has 0 aliphatic carbocycles. The number of anilines is 1. The number of rotatable bonds is 6. The molecule has 9 heteroatoms. The van der Waals surface area contributed by atoms with E-state index in [-0.39, 0.29) is 16.5 Å². The second-order valence-corrected chi connectivity index (χ2v) is 7.72. The van der Waals surface area contributed by atoms with Gasteiger partial charge in [-0.15, -0.1) is 10.2 Å². The molecule has 3 rings (SSSR count). The number of nitrogens with one attached hydrogen (secondary N) is 1. The normalized spacial score (nSPS) is 11.7. The van der Waals surface area contributed by atoms with Crippen LogP contribution in [-0.2, 0) is 23.0 Å². The predicted octanol–water partition coefficient (Wildman–Crippen LogP) is 3.68. The standard InChI is InChI=1S/C18H21FN4O3S/c1-5-15-20-21-18(26-15)16-11(3)17(12(4)23(16)6-2)27(24,25)22-14-9-7-8-13(19)10-14/h7-10,22H,5-6H2,1-4H3. The van der Waals surface area contributed by atoms with Gasteiger partial charge in [0.1, 0.15) is 16.4 Å². The second-order valence-electron chi connectivity index (χ2n) is 6.10. The van der Waals surface area contributed by atoms with Crippen molar-refractivity contribution in [2.45, 2.75) is 45.6 Å². The van der Waals surface area contributed by atoms with E-state index in [0.29, 0.717) is 35.8 Å².